The Morgan fingerprint density at radius 2 is 2.03 bits per heavy atom. The first-order valence-corrected chi connectivity index (χ1v) is 10.3. The van der Waals surface area contributed by atoms with E-state index in [0.29, 0.717) is 49.1 Å². The zero-order valence-electron chi connectivity index (χ0n) is 17.5. The minimum Gasteiger partial charge on any atom is -0.350 e. The molecule has 2 N–H and O–H groups in total. The molecule has 1 atom stereocenters. The van der Waals surface area contributed by atoms with Crippen LogP contribution in [0.25, 0.3) is 0 Å². The molecule has 2 aromatic rings. The average Bonchev–Trinajstić information content (AvgIpc) is 3.15. The summed E-state index contributed by atoms with van der Waals surface area (Å²) in [5, 5.41) is 10.4. The van der Waals surface area contributed by atoms with Crippen LogP contribution >= 0.6 is 0 Å². The van der Waals surface area contributed by atoms with Crippen molar-refractivity contribution in [3.8, 4) is 0 Å². The van der Waals surface area contributed by atoms with E-state index in [9.17, 15) is 13.6 Å². The Morgan fingerprint density at radius 3 is 2.77 bits per heavy atom. The van der Waals surface area contributed by atoms with Crippen LogP contribution in [0.4, 0.5) is 26.2 Å². The number of alkyl halides is 2. The molecule has 162 valence electrons. The molecule has 4 rings (SSSR count). The first kappa shape index (κ1) is 20.5. The molecule has 0 bridgehead atoms. The normalized spacial score (nSPS) is 21.3. The molecule has 0 radical (unpaired) electrons. The summed E-state index contributed by atoms with van der Waals surface area (Å²) in [4.78, 5) is 22.9. The first-order valence-electron chi connectivity index (χ1n) is 10.3. The maximum Gasteiger partial charge on any atom is 0.248 e. The van der Waals surface area contributed by atoms with Gasteiger partial charge in [0.2, 0.25) is 17.8 Å². The highest BCUT2D eigenvalue weighted by Gasteiger charge is 2.35. The van der Waals surface area contributed by atoms with Gasteiger partial charge in [-0.1, -0.05) is 0 Å². The van der Waals surface area contributed by atoms with Crippen molar-refractivity contribution in [1.82, 2.24) is 19.7 Å². The molecular formula is C20H27F2N7O. The van der Waals surface area contributed by atoms with E-state index in [1.807, 2.05) is 36.7 Å². The van der Waals surface area contributed by atoms with Crippen LogP contribution in [0.3, 0.4) is 0 Å². The number of hydrogen-bond donors (Lipinski definition) is 2. The van der Waals surface area contributed by atoms with E-state index in [2.05, 4.69) is 25.7 Å². The Labute approximate surface area is 174 Å². The topological polar surface area (TPSA) is 88.0 Å². The number of hydrogen-bond acceptors (Lipinski definition) is 6. The average molecular weight is 419 g/mol. The molecule has 0 spiro atoms. The van der Waals surface area contributed by atoms with Crippen molar-refractivity contribution < 1.29 is 13.6 Å². The molecule has 2 aliphatic rings. The highest BCUT2D eigenvalue weighted by atomic mass is 19.3. The van der Waals surface area contributed by atoms with Gasteiger partial charge >= 0.3 is 0 Å². The number of carbonyl (C=O) groups is 1. The zero-order valence-corrected chi connectivity index (χ0v) is 17.5. The highest BCUT2D eigenvalue weighted by molar-refractivity contribution is 6.03. The number of aryl methyl sites for hydroxylation is 1. The van der Waals surface area contributed by atoms with Crippen LogP contribution in [0.15, 0.2) is 12.4 Å². The van der Waals surface area contributed by atoms with Gasteiger partial charge in [-0.15, -0.1) is 0 Å². The van der Waals surface area contributed by atoms with E-state index >= 15 is 0 Å². The number of fused-ring (bicyclic) bond motifs is 1. The standard InChI is InChI=1S/C20H27F2N7O/c1-12-16-17(28(3)13(2)18(30)26-16)27-19(25-12)23-8-15-9-24-29(11-15)10-14-4-6-20(21,22)7-5-14/h9,11,13-14H,4-8,10H2,1-3H3,(H,26,30)(H,23,25,27)/t13-/m0/s1. The maximum absolute atomic E-state index is 13.3. The molecule has 2 aromatic heterocycles. The predicted octanol–water partition coefficient (Wildman–Crippen LogP) is 3.20. The van der Waals surface area contributed by atoms with Gasteiger partial charge in [0.15, 0.2) is 5.82 Å². The fourth-order valence-electron chi connectivity index (χ4n) is 3.95. The Hall–Kier alpha value is -2.78. The zero-order chi connectivity index (χ0) is 21.5. The third-order valence-electron chi connectivity index (χ3n) is 6.03. The summed E-state index contributed by atoms with van der Waals surface area (Å²) in [6.07, 6.45) is 4.70. The molecular weight excluding hydrogens is 392 g/mol. The van der Waals surface area contributed by atoms with Crippen molar-refractivity contribution in [3.63, 3.8) is 0 Å². The fourth-order valence-corrected chi connectivity index (χ4v) is 3.95. The second-order valence-corrected chi connectivity index (χ2v) is 8.33. The van der Waals surface area contributed by atoms with E-state index < -0.39 is 5.92 Å². The number of nitrogens with one attached hydrogen (secondary N) is 2. The van der Waals surface area contributed by atoms with Crippen LogP contribution < -0.4 is 15.5 Å². The molecule has 30 heavy (non-hydrogen) atoms. The van der Waals surface area contributed by atoms with Gasteiger partial charge < -0.3 is 15.5 Å². The second-order valence-electron chi connectivity index (χ2n) is 8.33. The van der Waals surface area contributed by atoms with Crippen LogP contribution in [0, 0.1) is 12.8 Å². The van der Waals surface area contributed by atoms with Gasteiger partial charge in [-0.2, -0.15) is 10.1 Å². The quantitative estimate of drug-likeness (QED) is 0.774. The summed E-state index contributed by atoms with van der Waals surface area (Å²) < 4.78 is 28.5. The van der Waals surface area contributed by atoms with Crippen LogP contribution in [-0.2, 0) is 17.9 Å². The van der Waals surface area contributed by atoms with Gasteiger partial charge in [-0.3, -0.25) is 9.48 Å². The smallest absolute Gasteiger partial charge is 0.248 e. The van der Waals surface area contributed by atoms with Gasteiger partial charge in [-0.25, -0.2) is 13.8 Å². The van der Waals surface area contributed by atoms with Gasteiger partial charge in [0.25, 0.3) is 0 Å². The lowest BCUT2D eigenvalue weighted by atomic mass is 9.87. The molecule has 8 nitrogen and oxygen atoms in total. The number of likely N-dealkylation sites (N-methyl/N-ethyl adjacent to an activating group) is 1. The van der Waals surface area contributed by atoms with Crippen molar-refractivity contribution in [2.75, 3.05) is 22.6 Å². The Balaban J connectivity index is 1.38. The lowest BCUT2D eigenvalue weighted by molar-refractivity contribution is -0.117. The van der Waals surface area contributed by atoms with E-state index in [4.69, 9.17) is 0 Å². The molecule has 1 fully saturated rings. The largest absolute Gasteiger partial charge is 0.350 e. The molecule has 0 aromatic carbocycles. The van der Waals surface area contributed by atoms with Crippen LogP contribution in [0.2, 0.25) is 0 Å². The lowest BCUT2D eigenvalue weighted by Crippen LogP contribution is -2.44. The maximum atomic E-state index is 13.3. The van der Waals surface area contributed by atoms with Crippen molar-refractivity contribution in [2.45, 2.75) is 64.6 Å². The number of amides is 1. The van der Waals surface area contributed by atoms with Crippen LogP contribution in [0.1, 0.15) is 43.9 Å². The van der Waals surface area contributed by atoms with Gasteiger partial charge in [-0.05, 0) is 32.6 Å². The van der Waals surface area contributed by atoms with Gasteiger partial charge in [0.1, 0.15) is 11.7 Å². The number of anilines is 3. The SMILES string of the molecule is Cc1nc(NCc2cnn(CC3CCC(F)(F)CC3)c2)nc2c1NC(=O)[C@H](C)N2C. The highest BCUT2D eigenvalue weighted by Crippen LogP contribution is 2.36. The Morgan fingerprint density at radius 1 is 1.30 bits per heavy atom. The van der Waals surface area contributed by atoms with E-state index in [1.165, 1.54) is 0 Å². The molecule has 1 aliphatic heterocycles. The van der Waals surface area contributed by atoms with Crippen molar-refractivity contribution in [3.05, 3.63) is 23.7 Å². The minimum atomic E-state index is -2.50. The number of nitrogens with zero attached hydrogens (tertiary/aromatic N) is 5. The van der Waals surface area contributed by atoms with E-state index in [-0.39, 0.29) is 30.7 Å². The van der Waals surface area contributed by atoms with Crippen LogP contribution in [-0.4, -0.2) is 44.7 Å². The molecule has 1 amide bonds. The molecule has 0 unspecified atom stereocenters. The third kappa shape index (κ3) is 4.22. The first-order chi connectivity index (χ1) is 14.2. The van der Waals surface area contributed by atoms with Crippen LogP contribution in [0.5, 0.6) is 0 Å². The summed E-state index contributed by atoms with van der Waals surface area (Å²) in [6, 6.07) is -0.308. The monoisotopic (exact) mass is 419 g/mol. The molecule has 0 saturated heterocycles. The summed E-state index contributed by atoms with van der Waals surface area (Å²) in [5.41, 5.74) is 2.29. The predicted molar refractivity (Wildman–Crippen MR) is 110 cm³/mol. The fraction of sp³-hybridized carbons (Fsp3) is 0.600. The van der Waals surface area contributed by atoms with Gasteiger partial charge in [0, 0.05) is 44.7 Å². The van der Waals surface area contributed by atoms with Gasteiger partial charge in [0.05, 0.1) is 11.9 Å². The van der Waals surface area contributed by atoms with Crippen molar-refractivity contribution in [2.24, 2.45) is 5.92 Å². The minimum absolute atomic E-state index is 0.0319. The van der Waals surface area contributed by atoms with Crippen molar-refractivity contribution in [1.29, 1.82) is 0 Å². The van der Waals surface area contributed by atoms with E-state index in [0.717, 1.165) is 5.56 Å². The number of rotatable bonds is 5. The molecule has 1 aliphatic carbocycles. The Bertz CT molecular complexity index is 935. The number of aromatic nitrogens is 4. The number of halogens is 2. The summed E-state index contributed by atoms with van der Waals surface area (Å²) >= 11 is 0. The summed E-state index contributed by atoms with van der Waals surface area (Å²) in [6.45, 7) is 4.81. The second kappa shape index (κ2) is 7.81. The molecule has 3 heterocycles. The van der Waals surface area contributed by atoms with Crippen molar-refractivity contribution >= 4 is 23.4 Å². The lowest BCUT2D eigenvalue weighted by Gasteiger charge is -2.32. The summed E-state index contributed by atoms with van der Waals surface area (Å²) in [5.74, 6) is -1.18. The molecule has 1 saturated carbocycles. The van der Waals surface area contributed by atoms with E-state index in [1.54, 1.807) is 6.20 Å². The summed E-state index contributed by atoms with van der Waals surface area (Å²) in [7, 11) is 1.84. The third-order valence-corrected chi connectivity index (χ3v) is 6.03. The number of carbonyl (C=O) groups excluding carboxylic acids is 1. The Kier molecular flexibility index (Phi) is 5.33. The molecule has 10 heteroatoms.